The molecule has 8 nitrogen and oxygen atoms in total. The summed E-state index contributed by atoms with van der Waals surface area (Å²) in [5.41, 5.74) is 0. The number of morpholine rings is 1. The van der Waals surface area contributed by atoms with Crippen LogP contribution in [0.15, 0.2) is 11.4 Å². The number of aryl methyl sites for hydroxylation is 1. The molecule has 2 heterocycles. The second-order valence-corrected chi connectivity index (χ2v) is 6.80. The molecule has 21 heavy (non-hydrogen) atoms. The summed E-state index contributed by atoms with van der Waals surface area (Å²) in [6, 6.07) is 0. The number of sulfonamides is 1. The lowest BCUT2D eigenvalue weighted by atomic mass is 10.2. The van der Waals surface area contributed by atoms with Crippen molar-refractivity contribution in [1.29, 1.82) is 0 Å². The Balaban J connectivity index is 2.17. The number of halogens is 1. The highest BCUT2D eigenvalue weighted by atomic mass is 35.5. The van der Waals surface area contributed by atoms with E-state index in [4.69, 9.17) is 16.3 Å². The summed E-state index contributed by atoms with van der Waals surface area (Å²) in [7, 11) is -0.934. The van der Waals surface area contributed by atoms with E-state index in [1.165, 1.54) is 22.3 Å². The molecular formula is C11H16ClN3O5S. The van der Waals surface area contributed by atoms with Crippen LogP contribution in [0.4, 0.5) is 0 Å². The number of methoxy groups -OCH3 is 1. The summed E-state index contributed by atoms with van der Waals surface area (Å²) in [5.74, 6) is -0.449. The van der Waals surface area contributed by atoms with E-state index in [9.17, 15) is 13.2 Å². The molecular weight excluding hydrogens is 322 g/mol. The number of hydrogen-bond donors (Lipinski definition) is 0. The number of carbonyl (C=O) groups is 1. The van der Waals surface area contributed by atoms with Crippen molar-refractivity contribution in [2.75, 3.05) is 26.8 Å². The van der Waals surface area contributed by atoms with Gasteiger partial charge in [-0.3, -0.25) is 4.79 Å². The van der Waals surface area contributed by atoms with Crippen molar-refractivity contribution >= 4 is 27.6 Å². The molecule has 118 valence electrons. The molecule has 1 aliphatic rings. The minimum absolute atomic E-state index is 0.00152. The maximum atomic E-state index is 12.5. The summed E-state index contributed by atoms with van der Waals surface area (Å²) in [6.07, 6.45) is 0.795. The van der Waals surface area contributed by atoms with Gasteiger partial charge in [-0.25, -0.2) is 13.4 Å². The van der Waals surface area contributed by atoms with Crippen LogP contribution < -0.4 is 0 Å². The Morgan fingerprint density at radius 3 is 2.90 bits per heavy atom. The Hall–Kier alpha value is -1.16. The van der Waals surface area contributed by atoms with Gasteiger partial charge in [-0.15, -0.1) is 0 Å². The first kappa shape index (κ1) is 16.2. The molecule has 0 radical (unpaired) electrons. The topological polar surface area (TPSA) is 90.7 Å². The standard InChI is InChI=1S/C11H16ClN3O5S/c1-14-7-13-11(10(14)12)21(17,18)15-3-4-20-8(6-15)5-9(16)19-2/h7-8H,3-6H2,1-2H3. The maximum absolute atomic E-state index is 12.5. The second-order valence-electron chi connectivity index (χ2n) is 4.59. The van der Waals surface area contributed by atoms with Crippen LogP contribution in [0, 0.1) is 0 Å². The van der Waals surface area contributed by atoms with Crippen molar-refractivity contribution in [2.45, 2.75) is 17.6 Å². The van der Waals surface area contributed by atoms with Gasteiger partial charge in [0.05, 0.1) is 32.6 Å². The Kier molecular flexibility index (Phi) is 4.87. The van der Waals surface area contributed by atoms with Gasteiger partial charge in [0.2, 0.25) is 5.03 Å². The molecule has 0 aromatic carbocycles. The summed E-state index contributed by atoms with van der Waals surface area (Å²) < 4.78 is 37.6. The highest BCUT2D eigenvalue weighted by molar-refractivity contribution is 7.89. The van der Waals surface area contributed by atoms with E-state index in [1.807, 2.05) is 0 Å². The Labute approximate surface area is 127 Å². The molecule has 0 spiro atoms. The number of carbonyl (C=O) groups excluding carboxylic acids is 1. The van der Waals surface area contributed by atoms with E-state index in [-0.39, 0.29) is 36.3 Å². The average Bonchev–Trinajstić information content (AvgIpc) is 2.79. The highest BCUT2D eigenvalue weighted by Gasteiger charge is 2.35. The fourth-order valence-electron chi connectivity index (χ4n) is 1.99. The predicted molar refractivity (Wildman–Crippen MR) is 73.3 cm³/mol. The lowest BCUT2D eigenvalue weighted by molar-refractivity contribution is -0.145. The number of ether oxygens (including phenoxy) is 2. The zero-order valence-corrected chi connectivity index (χ0v) is 13.2. The number of rotatable bonds is 4. The lowest BCUT2D eigenvalue weighted by Gasteiger charge is -2.31. The van der Waals surface area contributed by atoms with E-state index in [1.54, 1.807) is 7.05 Å². The van der Waals surface area contributed by atoms with E-state index in [0.717, 1.165) is 0 Å². The largest absolute Gasteiger partial charge is 0.469 e. The predicted octanol–water partition coefficient (Wildman–Crippen LogP) is 0.0261. The highest BCUT2D eigenvalue weighted by Crippen LogP contribution is 2.24. The summed E-state index contributed by atoms with van der Waals surface area (Å²) in [4.78, 5) is 15.1. The first-order valence-electron chi connectivity index (χ1n) is 6.21. The minimum atomic E-state index is -3.81. The Morgan fingerprint density at radius 2 is 2.33 bits per heavy atom. The van der Waals surface area contributed by atoms with Crippen LogP contribution in [-0.4, -0.2) is 61.2 Å². The Morgan fingerprint density at radius 1 is 1.62 bits per heavy atom. The molecule has 0 amide bonds. The lowest BCUT2D eigenvalue weighted by Crippen LogP contribution is -2.46. The molecule has 1 unspecified atom stereocenters. The van der Waals surface area contributed by atoms with E-state index >= 15 is 0 Å². The molecule has 1 saturated heterocycles. The molecule has 10 heteroatoms. The number of esters is 1. The van der Waals surface area contributed by atoms with Gasteiger partial charge in [0.1, 0.15) is 5.15 Å². The molecule has 1 aliphatic heterocycles. The van der Waals surface area contributed by atoms with Crippen LogP contribution in [-0.2, 0) is 31.3 Å². The first-order valence-corrected chi connectivity index (χ1v) is 8.03. The quantitative estimate of drug-likeness (QED) is 0.720. The summed E-state index contributed by atoms with van der Waals surface area (Å²) >= 11 is 5.94. The zero-order chi connectivity index (χ0) is 15.6. The van der Waals surface area contributed by atoms with Crippen molar-refractivity contribution in [2.24, 2.45) is 7.05 Å². The molecule has 0 N–H and O–H groups in total. The molecule has 1 atom stereocenters. The normalized spacial score (nSPS) is 20.4. The Bertz CT molecular complexity index is 630. The van der Waals surface area contributed by atoms with Gasteiger partial charge >= 0.3 is 5.97 Å². The van der Waals surface area contributed by atoms with Crippen molar-refractivity contribution in [3.63, 3.8) is 0 Å². The van der Waals surface area contributed by atoms with Gasteiger partial charge in [0, 0.05) is 20.1 Å². The molecule has 2 rings (SSSR count). The van der Waals surface area contributed by atoms with Gasteiger partial charge in [-0.1, -0.05) is 11.6 Å². The minimum Gasteiger partial charge on any atom is -0.469 e. The zero-order valence-electron chi connectivity index (χ0n) is 11.7. The summed E-state index contributed by atoms with van der Waals surface area (Å²) in [6.45, 7) is 0.447. The smallest absolute Gasteiger partial charge is 0.308 e. The molecule has 1 aromatic rings. The number of nitrogens with zero attached hydrogens (tertiary/aromatic N) is 3. The van der Waals surface area contributed by atoms with Crippen molar-refractivity contribution in [1.82, 2.24) is 13.9 Å². The third-order valence-corrected chi connectivity index (χ3v) is 5.50. The van der Waals surface area contributed by atoms with Crippen LogP contribution in [0.3, 0.4) is 0 Å². The van der Waals surface area contributed by atoms with Crippen molar-refractivity contribution < 1.29 is 22.7 Å². The van der Waals surface area contributed by atoms with E-state index in [2.05, 4.69) is 9.72 Å². The van der Waals surface area contributed by atoms with Crippen LogP contribution in [0.5, 0.6) is 0 Å². The van der Waals surface area contributed by atoms with Gasteiger partial charge in [0.15, 0.2) is 0 Å². The van der Waals surface area contributed by atoms with Gasteiger partial charge < -0.3 is 14.0 Å². The molecule has 1 aromatic heterocycles. The third kappa shape index (κ3) is 3.37. The van der Waals surface area contributed by atoms with Gasteiger partial charge in [-0.05, 0) is 0 Å². The summed E-state index contributed by atoms with van der Waals surface area (Å²) in [5, 5.41) is -0.142. The molecule has 0 aliphatic carbocycles. The third-order valence-electron chi connectivity index (χ3n) is 3.14. The number of imidazole rings is 1. The fraction of sp³-hybridized carbons (Fsp3) is 0.636. The van der Waals surface area contributed by atoms with E-state index in [0.29, 0.717) is 0 Å². The first-order chi connectivity index (χ1) is 9.86. The van der Waals surface area contributed by atoms with Crippen LogP contribution in [0.25, 0.3) is 0 Å². The van der Waals surface area contributed by atoms with Crippen LogP contribution in [0.2, 0.25) is 5.15 Å². The van der Waals surface area contributed by atoms with Crippen molar-refractivity contribution in [3.05, 3.63) is 11.5 Å². The van der Waals surface area contributed by atoms with Crippen LogP contribution in [0.1, 0.15) is 6.42 Å². The van der Waals surface area contributed by atoms with Crippen molar-refractivity contribution in [3.8, 4) is 0 Å². The van der Waals surface area contributed by atoms with Gasteiger partial charge in [0.25, 0.3) is 10.0 Å². The molecule has 0 saturated carbocycles. The monoisotopic (exact) mass is 337 g/mol. The molecule has 0 bridgehead atoms. The average molecular weight is 338 g/mol. The van der Waals surface area contributed by atoms with E-state index < -0.39 is 22.1 Å². The fourth-order valence-corrected chi connectivity index (χ4v) is 3.84. The van der Waals surface area contributed by atoms with Crippen LogP contribution >= 0.6 is 11.6 Å². The number of aromatic nitrogens is 2. The van der Waals surface area contributed by atoms with Gasteiger partial charge in [-0.2, -0.15) is 4.31 Å². The second kappa shape index (κ2) is 6.30. The number of hydrogen-bond acceptors (Lipinski definition) is 6. The maximum Gasteiger partial charge on any atom is 0.308 e. The SMILES string of the molecule is COC(=O)CC1CN(S(=O)(=O)c2ncn(C)c2Cl)CCO1. The molecule has 1 fully saturated rings.